The molecule has 1 aromatic carbocycles. The standard InChI is InChI=1S/C7H6Br2FN/c8-6-4(3-11)1-2-5(10)7(6)9/h1-2H,3,11H2. The maximum Gasteiger partial charge on any atom is 0.138 e. The summed E-state index contributed by atoms with van der Waals surface area (Å²) < 4.78 is 13.9. The zero-order chi connectivity index (χ0) is 8.43. The Kier molecular flexibility index (Phi) is 3.04. The van der Waals surface area contributed by atoms with Crippen LogP contribution in [0.4, 0.5) is 4.39 Å². The molecule has 0 spiro atoms. The molecule has 1 rings (SSSR count). The molecule has 0 radical (unpaired) electrons. The van der Waals surface area contributed by atoms with Crippen molar-refractivity contribution in [1.82, 2.24) is 0 Å². The lowest BCUT2D eigenvalue weighted by molar-refractivity contribution is 0.619. The largest absolute Gasteiger partial charge is 0.326 e. The lowest BCUT2D eigenvalue weighted by Crippen LogP contribution is -1.98. The topological polar surface area (TPSA) is 26.0 Å². The van der Waals surface area contributed by atoms with Crippen LogP contribution >= 0.6 is 31.9 Å². The van der Waals surface area contributed by atoms with Gasteiger partial charge in [0, 0.05) is 11.0 Å². The van der Waals surface area contributed by atoms with Crippen LogP contribution in [0, 0.1) is 5.82 Å². The number of hydrogen-bond acceptors (Lipinski definition) is 1. The fourth-order valence-corrected chi connectivity index (χ4v) is 1.59. The molecule has 1 nitrogen and oxygen atoms in total. The van der Waals surface area contributed by atoms with E-state index in [9.17, 15) is 4.39 Å². The lowest BCUT2D eigenvalue weighted by atomic mass is 10.2. The molecule has 0 atom stereocenters. The lowest BCUT2D eigenvalue weighted by Gasteiger charge is -2.03. The predicted molar refractivity (Wildman–Crippen MR) is 49.7 cm³/mol. The van der Waals surface area contributed by atoms with Crippen molar-refractivity contribution in [3.8, 4) is 0 Å². The van der Waals surface area contributed by atoms with Crippen LogP contribution < -0.4 is 5.73 Å². The highest BCUT2D eigenvalue weighted by Crippen LogP contribution is 2.28. The van der Waals surface area contributed by atoms with Crippen molar-refractivity contribution in [3.63, 3.8) is 0 Å². The van der Waals surface area contributed by atoms with Gasteiger partial charge in [0.25, 0.3) is 0 Å². The van der Waals surface area contributed by atoms with E-state index < -0.39 is 0 Å². The van der Waals surface area contributed by atoms with Gasteiger partial charge in [-0.2, -0.15) is 0 Å². The maximum atomic E-state index is 12.8. The molecule has 2 N–H and O–H groups in total. The quantitative estimate of drug-likeness (QED) is 0.788. The third kappa shape index (κ3) is 1.80. The Hall–Kier alpha value is 0.0700. The summed E-state index contributed by atoms with van der Waals surface area (Å²) in [7, 11) is 0. The van der Waals surface area contributed by atoms with Gasteiger partial charge in [-0.05, 0) is 43.5 Å². The SMILES string of the molecule is NCc1ccc(F)c(Br)c1Br. The van der Waals surface area contributed by atoms with Crippen LogP contribution in [0.2, 0.25) is 0 Å². The Bertz CT molecular complexity index is 275. The number of rotatable bonds is 1. The van der Waals surface area contributed by atoms with E-state index in [1.807, 2.05) is 0 Å². The second-order valence-corrected chi connectivity index (χ2v) is 3.62. The first kappa shape index (κ1) is 9.16. The molecular weight excluding hydrogens is 277 g/mol. The summed E-state index contributed by atoms with van der Waals surface area (Å²) in [6, 6.07) is 3.04. The molecule has 0 amide bonds. The van der Waals surface area contributed by atoms with Gasteiger partial charge in [0.05, 0.1) is 4.47 Å². The molecule has 4 heteroatoms. The first-order valence-corrected chi connectivity index (χ1v) is 4.58. The van der Waals surface area contributed by atoms with Gasteiger partial charge in [-0.1, -0.05) is 6.07 Å². The van der Waals surface area contributed by atoms with Crippen molar-refractivity contribution < 1.29 is 4.39 Å². The van der Waals surface area contributed by atoms with E-state index in [0.29, 0.717) is 15.5 Å². The molecule has 0 bridgehead atoms. The molecule has 0 saturated carbocycles. The molecule has 11 heavy (non-hydrogen) atoms. The summed E-state index contributed by atoms with van der Waals surface area (Å²) in [6.45, 7) is 0.402. The van der Waals surface area contributed by atoms with Crippen LogP contribution in [-0.4, -0.2) is 0 Å². The van der Waals surface area contributed by atoms with Crippen molar-refractivity contribution in [2.24, 2.45) is 5.73 Å². The van der Waals surface area contributed by atoms with E-state index in [-0.39, 0.29) is 5.82 Å². The fraction of sp³-hybridized carbons (Fsp3) is 0.143. The van der Waals surface area contributed by atoms with Gasteiger partial charge in [-0.25, -0.2) is 4.39 Å². The van der Waals surface area contributed by atoms with E-state index >= 15 is 0 Å². The van der Waals surface area contributed by atoms with Crippen LogP contribution in [0.5, 0.6) is 0 Å². The van der Waals surface area contributed by atoms with Crippen LogP contribution in [0.15, 0.2) is 21.1 Å². The number of nitrogens with two attached hydrogens (primary N) is 1. The van der Waals surface area contributed by atoms with Crippen molar-refractivity contribution >= 4 is 31.9 Å². The normalized spacial score (nSPS) is 10.2. The Labute approximate surface area is 81.0 Å². The summed E-state index contributed by atoms with van der Waals surface area (Å²) in [5.41, 5.74) is 6.28. The second-order valence-electron chi connectivity index (χ2n) is 2.04. The molecular formula is C7H6Br2FN. The number of benzene rings is 1. The fourth-order valence-electron chi connectivity index (χ4n) is 0.724. The highest BCUT2D eigenvalue weighted by molar-refractivity contribution is 9.13. The number of halogens is 3. The first-order chi connectivity index (χ1) is 5.16. The molecule has 0 aliphatic carbocycles. The smallest absolute Gasteiger partial charge is 0.138 e. The molecule has 60 valence electrons. The van der Waals surface area contributed by atoms with Gasteiger partial charge in [-0.3, -0.25) is 0 Å². The van der Waals surface area contributed by atoms with Crippen LogP contribution in [0.25, 0.3) is 0 Å². The summed E-state index contributed by atoms with van der Waals surface area (Å²) >= 11 is 6.32. The van der Waals surface area contributed by atoms with Gasteiger partial charge < -0.3 is 5.73 Å². The van der Waals surface area contributed by atoms with Crippen molar-refractivity contribution in [1.29, 1.82) is 0 Å². The van der Waals surface area contributed by atoms with Gasteiger partial charge in [0.15, 0.2) is 0 Å². The van der Waals surface area contributed by atoms with E-state index in [1.54, 1.807) is 6.07 Å². The maximum absolute atomic E-state index is 12.8. The molecule has 0 fully saturated rings. The highest BCUT2D eigenvalue weighted by atomic mass is 79.9. The molecule has 0 aromatic heterocycles. The Morgan fingerprint density at radius 3 is 2.45 bits per heavy atom. The summed E-state index contributed by atoms with van der Waals surface area (Å²) in [5.74, 6) is -0.283. The van der Waals surface area contributed by atoms with Crippen molar-refractivity contribution in [3.05, 3.63) is 32.5 Å². The minimum atomic E-state index is -0.283. The first-order valence-electron chi connectivity index (χ1n) is 2.99. The predicted octanol–water partition coefficient (Wildman–Crippen LogP) is 2.81. The van der Waals surface area contributed by atoms with E-state index in [4.69, 9.17) is 5.73 Å². The van der Waals surface area contributed by atoms with E-state index in [0.717, 1.165) is 5.56 Å². The average Bonchev–Trinajstić information content (AvgIpc) is 2.01. The Balaban J connectivity index is 3.25. The summed E-state index contributed by atoms with van der Waals surface area (Å²) in [6.07, 6.45) is 0. The molecule has 0 aliphatic rings. The van der Waals surface area contributed by atoms with E-state index in [2.05, 4.69) is 31.9 Å². The van der Waals surface area contributed by atoms with Crippen molar-refractivity contribution in [2.75, 3.05) is 0 Å². The zero-order valence-electron chi connectivity index (χ0n) is 5.57. The third-order valence-corrected chi connectivity index (χ3v) is 3.55. The molecule has 0 aliphatic heterocycles. The average molecular weight is 283 g/mol. The monoisotopic (exact) mass is 281 g/mol. The van der Waals surface area contributed by atoms with Crippen molar-refractivity contribution in [2.45, 2.75) is 6.54 Å². The third-order valence-electron chi connectivity index (χ3n) is 1.34. The molecule has 1 aromatic rings. The van der Waals surface area contributed by atoms with Crippen LogP contribution in [0.3, 0.4) is 0 Å². The highest BCUT2D eigenvalue weighted by Gasteiger charge is 2.06. The van der Waals surface area contributed by atoms with Gasteiger partial charge in [0.2, 0.25) is 0 Å². The van der Waals surface area contributed by atoms with Crippen LogP contribution in [-0.2, 0) is 6.54 Å². The Morgan fingerprint density at radius 2 is 1.91 bits per heavy atom. The van der Waals surface area contributed by atoms with E-state index in [1.165, 1.54) is 6.07 Å². The minimum Gasteiger partial charge on any atom is -0.326 e. The Morgan fingerprint density at radius 1 is 1.27 bits per heavy atom. The zero-order valence-corrected chi connectivity index (χ0v) is 8.75. The molecule has 0 saturated heterocycles. The number of hydrogen-bond donors (Lipinski definition) is 1. The molecule has 0 unspecified atom stereocenters. The van der Waals surface area contributed by atoms with Gasteiger partial charge in [0.1, 0.15) is 5.82 Å². The van der Waals surface area contributed by atoms with Gasteiger partial charge >= 0.3 is 0 Å². The van der Waals surface area contributed by atoms with Gasteiger partial charge in [-0.15, -0.1) is 0 Å². The minimum absolute atomic E-state index is 0.283. The summed E-state index contributed by atoms with van der Waals surface area (Å²) in [4.78, 5) is 0. The van der Waals surface area contributed by atoms with Crippen LogP contribution in [0.1, 0.15) is 5.56 Å². The summed E-state index contributed by atoms with van der Waals surface area (Å²) in [5, 5.41) is 0. The molecule has 0 heterocycles. The second kappa shape index (κ2) is 3.65.